The zero-order valence-corrected chi connectivity index (χ0v) is 8.60. The van der Waals surface area contributed by atoms with Gasteiger partial charge in [-0.1, -0.05) is 12.1 Å². The normalized spacial score (nSPS) is 9.75. The van der Waals surface area contributed by atoms with Crippen LogP contribution in [0.5, 0.6) is 0 Å². The lowest BCUT2D eigenvalue weighted by molar-refractivity contribution is 0.102. The predicted octanol–water partition coefficient (Wildman–Crippen LogP) is 2.32. The van der Waals surface area contributed by atoms with E-state index in [-0.39, 0.29) is 5.91 Å². The lowest BCUT2D eigenvalue weighted by Crippen LogP contribution is -2.11. The van der Waals surface area contributed by atoms with Crippen LogP contribution in [0.3, 0.4) is 0 Å². The summed E-state index contributed by atoms with van der Waals surface area (Å²) in [6.07, 6.45) is 0. The third-order valence-electron chi connectivity index (χ3n) is 2.15. The first kappa shape index (κ1) is 10.2. The fraction of sp³-hybridized carbons (Fsp3) is 0. The molecule has 3 nitrogen and oxygen atoms in total. The Labute approximate surface area is 93.9 Å². The monoisotopic (exact) mass is 211 g/mol. The van der Waals surface area contributed by atoms with E-state index in [2.05, 4.69) is 11.4 Å². The molecule has 3 N–H and O–H groups in total. The minimum Gasteiger partial charge on any atom is -0.399 e. The highest BCUT2D eigenvalue weighted by Gasteiger charge is 2.04. The highest BCUT2D eigenvalue weighted by atomic mass is 16.1. The Morgan fingerprint density at radius 2 is 1.69 bits per heavy atom. The first-order chi connectivity index (χ1) is 7.75. The van der Waals surface area contributed by atoms with Crippen molar-refractivity contribution in [3.8, 4) is 0 Å². The van der Waals surface area contributed by atoms with Gasteiger partial charge in [0.25, 0.3) is 5.91 Å². The highest BCUT2D eigenvalue weighted by molar-refractivity contribution is 6.04. The highest BCUT2D eigenvalue weighted by Crippen LogP contribution is 2.11. The van der Waals surface area contributed by atoms with Gasteiger partial charge in [-0.05, 0) is 42.5 Å². The molecule has 0 aromatic heterocycles. The van der Waals surface area contributed by atoms with Crippen LogP contribution in [0.15, 0.2) is 48.5 Å². The summed E-state index contributed by atoms with van der Waals surface area (Å²) in [5.74, 6) is -0.140. The van der Waals surface area contributed by atoms with Gasteiger partial charge in [0.1, 0.15) is 0 Å². The number of hydrogen-bond donors (Lipinski definition) is 2. The van der Waals surface area contributed by atoms with E-state index in [0.29, 0.717) is 11.3 Å². The van der Waals surface area contributed by atoms with Crippen LogP contribution >= 0.6 is 0 Å². The standard InChI is InChI=1S/C13H11N2O/c14-11-6-8-12(9-7-11)15-13(16)10-4-2-1-3-5-10/h2-9H,14H2,(H,15,16). The smallest absolute Gasteiger partial charge is 0.255 e. The lowest BCUT2D eigenvalue weighted by atomic mass is 10.2. The maximum absolute atomic E-state index is 11.7. The number of anilines is 2. The number of nitrogens with two attached hydrogens (primary N) is 1. The summed E-state index contributed by atoms with van der Waals surface area (Å²) in [6.45, 7) is 0. The van der Waals surface area contributed by atoms with Gasteiger partial charge in [-0.25, -0.2) is 0 Å². The van der Waals surface area contributed by atoms with Gasteiger partial charge in [-0.2, -0.15) is 0 Å². The number of nitrogens with one attached hydrogen (secondary N) is 1. The number of nitrogen functional groups attached to an aromatic ring is 1. The number of carbonyl (C=O) groups is 1. The van der Waals surface area contributed by atoms with Crippen LogP contribution in [0, 0.1) is 6.07 Å². The number of carbonyl (C=O) groups excluding carboxylic acids is 1. The molecule has 0 bridgehead atoms. The van der Waals surface area contributed by atoms with Gasteiger partial charge in [0.05, 0.1) is 0 Å². The van der Waals surface area contributed by atoms with Gasteiger partial charge >= 0.3 is 0 Å². The van der Waals surface area contributed by atoms with Crippen molar-refractivity contribution in [3.05, 3.63) is 60.2 Å². The molecule has 0 aliphatic carbocycles. The molecule has 16 heavy (non-hydrogen) atoms. The minimum atomic E-state index is -0.140. The van der Waals surface area contributed by atoms with Crippen molar-refractivity contribution in [2.24, 2.45) is 0 Å². The SMILES string of the molecule is Nc1ccc(NC(=O)c2cc[c]cc2)cc1. The molecule has 0 atom stereocenters. The average Bonchev–Trinajstić information content (AvgIpc) is 2.33. The molecule has 2 aromatic rings. The first-order valence-electron chi connectivity index (χ1n) is 4.89. The van der Waals surface area contributed by atoms with Crippen molar-refractivity contribution in [1.82, 2.24) is 0 Å². The van der Waals surface area contributed by atoms with E-state index in [9.17, 15) is 4.79 Å². The second-order valence-corrected chi connectivity index (χ2v) is 3.36. The molecule has 0 aliphatic heterocycles. The Balaban J connectivity index is 2.11. The number of benzene rings is 2. The molecule has 0 aliphatic rings. The average molecular weight is 211 g/mol. The minimum absolute atomic E-state index is 0.140. The molecule has 0 saturated carbocycles. The van der Waals surface area contributed by atoms with Gasteiger partial charge < -0.3 is 11.1 Å². The molecule has 79 valence electrons. The van der Waals surface area contributed by atoms with Crippen molar-refractivity contribution in [2.45, 2.75) is 0 Å². The van der Waals surface area contributed by atoms with E-state index in [4.69, 9.17) is 5.73 Å². The molecule has 2 aromatic carbocycles. The van der Waals surface area contributed by atoms with E-state index >= 15 is 0 Å². The Bertz CT molecular complexity index is 477. The number of rotatable bonds is 2. The van der Waals surface area contributed by atoms with Crippen LogP contribution in [-0.4, -0.2) is 5.91 Å². The van der Waals surface area contributed by atoms with Crippen LogP contribution in [0.25, 0.3) is 0 Å². The Kier molecular flexibility index (Phi) is 2.87. The van der Waals surface area contributed by atoms with Crippen molar-refractivity contribution >= 4 is 17.3 Å². The summed E-state index contributed by atoms with van der Waals surface area (Å²) >= 11 is 0. The lowest BCUT2D eigenvalue weighted by Gasteiger charge is -2.04. The summed E-state index contributed by atoms with van der Waals surface area (Å²) in [5, 5.41) is 2.78. The molecule has 0 spiro atoms. The number of hydrogen-bond acceptors (Lipinski definition) is 2. The summed E-state index contributed by atoms with van der Waals surface area (Å²) in [4.78, 5) is 11.7. The quantitative estimate of drug-likeness (QED) is 0.749. The summed E-state index contributed by atoms with van der Waals surface area (Å²) in [6, 6.07) is 16.7. The third kappa shape index (κ3) is 2.39. The molecule has 1 radical (unpaired) electrons. The molecule has 2 rings (SSSR count). The first-order valence-corrected chi connectivity index (χ1v) is 4.89. The molecule has 1 amide bonds. The largest absolute Gasteiger partial charge is 0.399 e. The van der Waals surface area contributed by atoms with Crippen molar-refractivity contribution in [2.75, 3.05) is 11.1 Å². The van der Waals surface area contributed by atoms with E-state index in [1.165, 1.54) is 0 Å². The predicted molar refractivity (Wildman–Crippen MR) is 64.1 cm³/mol. The van der Waals surface area contributed by atoms with Crippen molar-refractivity contribution in [3.63, 3.8) is 0 Å². The zero-order valence-electron chi connectivity index (χ0n) is 8.60. The Morgan fingerprint density at radius 3 is 2.31 bits per heavy atom. The topological polar surface area (TPSA) is 55.1 Å². The zero-order chi connectivity index (χ0) is 11.4. The third-order valence-corrected chi connectivity index (χ3v) is 2.15. The summed E-state index contributed by atoms with van der Waals surface area (Å²) in [7, 11) is 0. The van der Waals surface area contributed by atoms with Crippen LogP contribution in [0.4, 0.5) is 11.4 Å². The van der Waals surface area contributed by atoms with Crippen LogP contribution in [0.1, 0.15) is 10.4 Å². The van der Waals surface area contributed by atoms with Crippen molar-refractivity contribution < 1.29 is 4.79 Å². The van der Waals surface area contributed by atoms with Crippen LogP contribution < -0.4 is 11.1 Å². The molecule has 0 heterocycles. The van der Waals surface area contributed by atoms with Crippen LogP contribution in [-0.2, 0) is 0 Å². The second kappa shape index (κ2) is 4.49. The Morgan fingerprint density at radius 1 is 1.06 bits per heavy atom. The van der Waals surface area contributed by atoms with E-state index in [1.807, 2.05) is 0 Å². The van der Waals surface area contributed by atoms with E-state index in [1.54, 1.807) is 48.5 Å². The Hall–Kier alpha value is -2.29. The molecule has 0 fully saturated rings. The maximum Gasteiger partial charge on any atom is 0.255 e. The molecular weight excluding hydrogens is 200 g/mol. The fourth-order valence-electron chi connectivity index (χ4n) is 1.31. The van der Waals surface area contributed by atoms with Gasteiger partial charge in [0.15, 0.2) is 0 Å². The molecular formula is C13H11N2O. The molecule has 0 saturated heterocycles. The maximum atomic E-state index is 11.7. The molecule has 3 heteroatoms. The van der Waals surface area contributed by atoms with Crippen molar-refractivity contribution in [1.29, 1.82) is 0 Å². The molecule has 0 unspecified atom stereocenters. The van der Waals surface area contributed by atoms with Gasteiger partial charge in [0.2, 0.25) is 0 Å². The van der Waals surface area contributed by atoms with Gasteiger partial charge in [-0.3, -0.25) is 4.79 Å². The summed E-state index contributed by atoms with van der Waals surface area (Å²) in [5.41, 5.74) is 7.56. The second-order valence-electron chi connectivity index (χ2n) is 3.36. The van der Waals surface area contributed by atoms with Gasteiger partial charge in [0, 0.05) is 16.9 Å². The van der Waals surface area contributed by atoms with E-state index in [0.717, 1.165) is 5.69 Å². The number of amides is 1. The summed E-state index contributed by atoms with van der Waals surface area (Å²) < 4.78 is 0. The van der Waals surface area contributed by atoms with E-state index < -0.39 is 0 Å². The fourth-order valence-corrected chi connectivity index (χ4v) is 1.31. The van der Waals surface area contributed by atoms with Gasteiger partial charge in [-0.15, -0.1) is 0 Å². The van der Waals surface area contributed by atoms with Crippen LogP contribution in [0.2, 0.25) is 0 Å².